The molecular formula is C14H15F3N4O2. The molecule has 3 rings (SSSR count). The topological polar surface area (TPSA) is 63.7 Å². The van der Waals surface area contributed by atoms with Crippen molar-refractivity contribution in [3.63, 3.8) is 0 Å². The summed E-state index contributed by atoms with van der Waals surface area (Å²) in [5, 5.41) is 11.4. The van der Waals surface area contributed by atoms with Crippen LogP contribution in [0.2, 0.25) is 0 Å². The molecule has 124 valence electrons. The molecule has 1 aliphatic rings. The van der Waals surface area contributed by atoms with Gasteiger partial charge in [0, 0.05) is 18.2 Å². The number of anilines is 1. The highest BCUT2D eigenvalue weighted by molar-refractivity contribution is 5.65. The SMILES string of the molecule is CC1(C)[C@H](C(F)(F)F)CCN1c1nc2ccccn2c1[N+](=O)[O-]. The van der Waals surface area contributed by atoms with Gasteiger partial charge in [0.25, 0.3) is 0 Å². The number of hydrogen-bond acceptors (Lipinski definition) is 4. The number of imidazole rings is 1. The Labute approximate surface area is 129 Å². The van der Waals surface area contributed by atoms with Crippen LogP contribution in [0.15, 0.2) is 24.4 Å². The van der Waals surface area contributed by atoms with Crippen molar-refractivity contribution in [1.29, 1.82) is 0 Å². The number of halogens is 3. The van der Waals surface area contributed by atoms with Crippen molar-refractivity contribution >= 4 is 17.3 Å². The fraction of sp³-hybridized carbons (Fsp3) is 0.500. The van der Waals surface area contributed by atoms with E-state index in [1.807, 2.05) is 0 Å². The van der Waals surface area contributed by atoms with E-state index in [1.165, 1.54) is 29.3 Å². The maximum absolute atomic E-state index is 13.2. The standard InChI is InChI=1S/C14H15F3N4O2/c1-13(2)9(14(15,16)17)6-8-20(13)11-12(21(22)23)19-7-4-3-5-10(19)18-11/h3-5,7,9H,6,8H2,1-2H3/t9-/m1/s1. The lowest BCUT2D eigenvalue weighted by atomic mass is 9.88. The average molecular weight is 328 g/mol. The van der Waals surface area contributed by atoms with Crippen LogP contribution >= 0.6 is 0 Å². The first-order chi connectivity index (χ1) is 10.6. The van der Waals surface area contributed by atoms with Crippen LogP contribution in [-0.2, 0) is 0 Å². The summed E-state index contributed by atoms with van der Waals surface area (Å²) in [6, 6.07) is 4.86. The number of pyridine rings is 1. The summed E-state index contributed by atoms with van der Waals surface area (Å²) in [6.45, 7) is 2.97. The number of fused-ring (bicyclic) bond motifs is 1. The maximum Gasteiger partial charge on any atom is 0.394 e. The van der Waals surface area contributed by atoms with Gasteiger partial charge in [-0.25, -0.2) is 0 Å². The number of rotatable bonds is 2. The molecule has 1 aliphatic heterocycles. The fourth-order valence-electron chi connectivity index (χ4n) is 3.35. The third-order valence-corrected chi connectivity index (χ3v) is 4.50. The quantitative estimate of drug-likeness (QED) is 0.626. The highest BCUT2D eigenvalue weighted by Crippen LogP contribution is 2.47. The molecular weight excluding hydrogens is 313 g/mol. The summed E-state index contributed by atoms with van der Waals surface area (Å²) >= 11 is 0. The molecule has 0 spiro atoms. The van der Waals surface area contributed by atoms with Gasteiger partial charge in [0.2, 0.25) is 11.5 Å². The molecule has 0 N–H and O–H groups in total. The summed E-state index contributed by atoms with van der Waals surface area (Å²) in [7, 11) is 0. The van der Waals surface area contributed by atoms with Crippen LogP contribution < -0.4 is 4.90 Å². The lowest BCUT2D eigenvalue weighted by Gasteiger charge is -2.36. The van der Waals surface area contributed by atoms with Gasteiger partial charge in [0.15, 0.2) is 0 Å². The van der Waals surface area contributed by atoms with Crippen molar-refractivity contribution in [2.24, 2.45) is 5.92 Å². The van der Waals surface area contributed by atoms with Crippen LogP contribution in [0.3, 0.4) is 0 Å². The van der Waals surface area contributed by atoms with Crippen LogP contribution in [-0.4, -0.2) is 32.6 Å². The lowest BCUT2D eigenvalue weighted by Crippen LogP contribution is -2.47. The molecule has 1 atom stereocenters. The summed E-state index contributed by atoms with van der Waals surface area (Å²) in [6.07, 6.45) is -2.98. The van der Waals surface area contributed by atoms with E-state index < -0.39 is 22.6 Å². The molecule has 0 aromatic carbocycles. The first kappa shape index (κ1) is 15.6. The van der Waals surface area contributed by atoms with E-state index in [2.05, 4.69) is 4.98 Å². The third-order valence-electron chi connectivity index (χ3n) is 4.50. The number of hydrogen-bond donors (Lipinski definition) is 0. The number of aromatic nitrogens is 2. The molecule has 1 saturated heterocycles. The van der Waals surface area contributed by atoms with E-state index in [0.29, 0.717) is 5.65 Å². The van der Waals surface area contributed by atoms with Gasteiger partial charge in [-0.3, -0.25) is 0 Å². The molecule has 0 amide bonds. The molecule has 2 aromatic rings. The van der Waals surface area contributed by atoms with Crippen molar-refractivity contribution in [2.45, 2.75) is 32.0 Å². The normalized spacial score (nSPS) is 21.1. The van der Waals surface area contributed by atoms with Crippen LogP contribution in [0, 0.1) is 16.0 Å². The minimum atomic E-state index is -4.35. The highest BCUT2D eigenvalue weighted by Gasteiger charge is 2.56. The second-order valence-corrected chi connectivity index (χ2v) is 6.13. The Morgan fingerprint density at radius 3 is 2.65 bits per heavy atom. The lowest BCUT2D eigenvalue weighted by molar-refractivity contribution is -0.389. The summed E-state index contributed by atoms with van der Waals surface area (Å²) in [5.41, 5.74) is -0.971. The first-order valence-electron chi connectivity index (χ1n) is 7.10. The molecule has 6 nitrogen and oxygen atoms in total. The second-order valence-electron chi connectivity index (χ2n) is 6.13. The van der Waals surface area contributed by atoms with Crippen LogP contribution in [0.4, 0.5) is 24.8 Å². The van der Waals surface area contributed by atoms with Crippen LogP contribution in [0.5, 0.6) is 0 Å². The average Bonchev–Trinajstić information content (AvgIpc) is 2.94. The third kappa shape index (κ3) is 2.30. The molecule has 0 bridgehead atoms. The van der Waals surface area contributed by atoms with Crippen molar-refractivity contribution in [3.8, 4) is 0 Å². The first-order valence-corrected chi connectivity index (χ1v) is 7.10. The fourth-order valence-corrected chi connectivity index (χ4v) is 3.35. The zero-order valence-corrected chi connectivity index (χ0v) is 12.5. The van der Waals surface area contributed by atoms with E-state index in [9.17, 15) is 23.3 Å². The van der Waals surface area contributed by atoms with Crippen molar-refractivity contribution in [1.82, 2.24) is 9.38 Å². The van der Waals surface area contributed by atoms with Gasteiger partial charge in [0.1, 0.15) is 0 Å². The van der Waals surface area contributed by atoms with Gasteiger partial charge in [-0.05, 0) is 31.3 Å². The zero-order valence-electron chi connectivity index (χ0n) is 12.5. The van der Waals surface area contributed by atoms with Gasteiger partial charge in [-0.15, -0.1) is 0 Å². The van der Waals surface area contributed by atoms with E-state index >= 15 is 0 Å². The van der Waals surface area contributed by atoms with Crippen LogP contribution in [0.25, 0.3) is 5.65 Å². The maximum atomic E-state index is 13.2. The zero-order chi connectivity index (χ0) is 17.0. The monoisotopic (exact) mass is 328 g/mol. The van der Waals surface area contributed by atoms with Gasteiger partial charge in [-0.1, -0.05) is 6.07 Å². The molecule has 3 heterocycles. The van der Waals surface area contributed by atoms with Crippen LogP contribution in [0.1, 0.15) is 20.3 Å². The second kappa shape index (κ2) is 4.84. The largest absolute Gasteiger partial charge is 0.394 e. The Kier molecular flexibility index (Phi) is 3.27. The van der Waals surface area contributed by atoms with Gasteiger partial charge in [-0.2, -0.15) is 22.6 Å². The summed E-state index contributed by atoms with van der Waals surface area (Å²) in [4.78, 5) is 16.4. The van der Waals surface area contributed by atoms with E-state index in [0.717, 1.165) is 0 Å². The van der Waals surface area contributed by atoms with Crippen molar-refractivity contribution in [3.05, 3.63) is 34.5 Å². The Bertz CT molecular complexity index is 769. The van der Waals surface area contributed by atoms with Gasteiger partial charge >= 0.3 is 12.0 Å². The summed E-state index contributed by atoms with van der Waals surface area (Å²) < 4.78 is 41.0. The van der Waals surface area contributed by atoms with E-state index in [1.54, 1.807) is 18.2 Å². The highest BCUT2D eigenvalue weighted by atomic mass is 19.4. The van der Waals surface area contributed by atoms with Gasteiger partial charge in [0.05, 0.1) is 12.1 Å². The van der Waals surface area contributed by atoms with E-state index in [-0.39, 0.29) is 24.6 Å². The molecule has 0 saturated carbocycles. The molecule has 23 heavy (non-hydrogen) atoms. The Balaban J connectivity index is 2.14. The number of nitrogens with zero attached hydrogens (tertiary/aromatic N) is 4. The van der Waals surface area contributed by atoms with E-state index in [4.69, 9.17) is 0 Å². The number of alkyl halides is 3. The molecule has 0 unspecified atom stereocenters. The Morgan fingerprint density at radius 2 is 2.09 bits per heavy atom. The predicted molar refractivity (Wildman–Crippen MR) is 77.4 cm³/mol. The molecule has 0 aliphatic carbocycles. The minimum Gasteiger partial charge on any atom is -0.358 e. The van der Waals surface area contributed by atoms with Crippen molar-refractivity contribution < 1.29 is 18.1 Å². The molecule has 1 fully saturated rings. The Morgan fingerprint density at radius 1 is 1.39 bits per heavy atom. The summed E-state index contributed by atoms with van der Waals surface area (Å²) in [5.74, 6) is -1.88. The Hall–Kier alpha value is -2.32. The van der Waals surface area contributed by atoms with Gasteiger partial charge < -0.3 is 15.0 Å². The van der Waals surface area contributed by atoms with Crippen molar-refractivity contribution in [2.75, 3.05) is 11.4 Å². The molecule has 9 heteroatoms. The smallest absolute Gasteiger partial charge is 0.358 e. The molecule has 0 radical (unpaired) electrons. The predicted octanol–water partition coefficient (Wildman–Crippen LogP) is 3.41. The number of nitro groups is 1. The minimum absolute atomic E-state index is 0.0158. The molecule has 2 aromatic heterocycles.